The number of nitro benzene ring substituents is 1. The van der Waals surface area contributed by atoms with Gasteiger partial charge in [0.2, 0.25) is 0 Å². The van der Waals surface area contributed by atoms with Crippen LogP contribution in [0.5, 0.6) is 0 Å². The third kappa shape index (κ3) is 2.20. The summed E-state index contributed by atoms with van der Waals surface area (Å²) in [5.74, 6) is 0. The Labute approximate surface area is 110 Å². The SMILES string of the molecule is O=[N+]([O-])c1ccccc1[Se][C@@H]1C=C[C@H]2CO[C@@H]1O2. The van der Waals surface area contributed by atoms with E-state index in [1.165, 1.54) is 0 Å². The Morgan fingerprint density at radius 2 is 2.17 bits per heavy atom. The van der Waals surface area contributed by atoms with E-state index in [-0.39, 0.29) is 42.8 Å². The Morgan fingerprint density at radius 1 is 1.33 bits per heavy atom. The molecule has 0 saturated carbocycles. The Balaban J connectivity index is 1.82. The van der Waals surface area contributed by atoms with Gasteiger partial charge in [-0.25, -0.2) is 0 Å². The van der Waals surface area contributed by atoms with Crippen LogP contribution in [0.2, 0.25) is 4.82 Å². The van der Waals surface area contributed by atoms with E-state index >= 15 is 0 Å². The predicted molar refractivity (Wildman–Crippen MR) is 66.0 cm³/mol. The summed E-state index contributed by atoms with van der Waals surface area (Å²) in [6.45, 7) is 0.588. The molecule has 1 aromatic carbocycles. The number of ether oxygens (including phenoxy) is 2. The molecule has 3 atom stereocenters. The van der Waals surface area contributed by atoms with Gasteiger partial charge in [0.15, 0.2) is 0 Å². The van der Waals surface area contributed by atoms with Crippen LogP contribution in [0, 0.1) is 10.1 Å². The van der Waals surface area contributed by atoms with Gasteiger partial charge < -0.3 is 0 Å². The third-order valence-corrected chi connectivity index (χ3v) is 5.47. The minimum absolute atomic E-state index is 0.0628. The number of hydrogen-bond donors (Lipinski definition) is 0. The van der Waals surface area contributed by atoms with Crippen molar-refractivity contribution in [3.8, 4) is 0 Å². The molecule has 2 aliphatic heterocycles. The van der Waals surface area contributed by atoms with Crippen molar-refractivity contribution in [3.63, 3.8) is 0 Å². The Bertz CT molecular complexity index is 505. The van der Waals surface area contributed by atoms with E-state index in [4.69, 9.17) is 9.47 Å². The molecule has 1 aromatic rings. The molecule has 0 radical (unpaired) electrons. The fourth-order valence-electron chi connectivity index (χ4n) is 1.99. The third-order valence-electron chi connectivity index (χ3n) is 2.84. The van der Waals surface area contributed by atoms with Crippen molar-refractivity contribution in [3.05, 3.63) is 46.5 Å². The summed E-state index contributed by atoms with van der Waals surface area (Å²) in [6.07, 6.45) is 3.89. The summed E-state index contributed by atoms with van der Waals surface area (Å²) in [5.41, 5.74) is 0.186. The molecule has 5 nitrogen and oxygen atoms in total. The normalized spacial score (nSPS) is 29.4. The molecule has 2 aliphatic rings. The first-order chi connectivity index (χ1) is 8.74. The van der Waals surface area contributed by atoms with Gasteiger partial charge in [-0.15, -0.1) is 0 Å². The number of hydrogen-bond acceptors (Lipinski definition) is 4. The van der Waals surface area contributed by atoms with E-state index in [1.807, 2.05) is 18.2 Å². The summed E-state index contributed by atoms with van der Waals surface area (Å²) in [5, 5.41) is 11.0. The van der Waals surface area contributed by atoms with Crippen molar-refractivity contribution < 1.29 is 14.4 Å². The van der Waals surface area contributed by atoms with Gasteiger partial charge in [-0.2, -0.15) is 0 Å². The van der Waals surface area contributed by atoms with Crippen LogP contribution in [0.15, 0.2) is 36.4 Å². The molecule has 1 saturated heterocycles. The van der Waals surface area contributed by atoms with Gasteiger partial charge in [0.25, 0.3) is 0 Å². The minimum atomic E-state index is -0.331. The molecule has 0 aliphatic carbocycles. The van der Waals surface area contributed by atoms with E-state index in [9.17, 15) is 10.1 Å². The molecule has 94 valence electrons. The number of rotatable bonds is 3. The number of para-hydroxylation sites is 1. The van der Waals surface area contributed by atoms with Crippen LogP contribution in [0.1, 0.15) is 0 Å². The van der Waals surface area contributed by atoms with E-state index in [2.05, 4.69) is 6.08 Å². The average Bonchev–Trinajstić information content (AvgIpc) is 2.76. The van der Waals surface area contributed by atoms with E-state index in [0.29, 0.717) is 6.61 Å². The number of benzene rings is 1. The summed E-state index contributed by atoms with van der Waals surface area (Å²) in [4.78, 5) is 10.7. The molecule has 3 rings (SSSR count). The second kappa shape index (κ2) is 4.82. The molecular weight excluding hydrogens is 301 g/mol. The van der Waals surface area contributed by atoms with E-state index < -0.39 is 0 Å². The zero-order valence-electron chi connectivity index (χ0n) is 9.39. The maximum atomic E-state index is 11.0. The molecule has 6 heteroatoms. The van der Waals surface area contributed by atoms with Gasteiger partial charge in [0, 0.05) is 0 Å². The Morgan fingerprint density at radius 3 is 3.00 bits per heavy atom. The summed E-state index contributed by atoms with van der Waals surface area (Å²) < 4.78 is 11.9. The molecule has 2 heterocycles. The summed E-state index contributed by atoms with van der Waals surface area (Å²) in [7, 11) is 0. The monoisotopic (exact) mass is 313 g/mol. The molecule has 1 fully saturated rings. The second-order valence-corrected chi connectivity index (χ2v) is 6.63. The topological polar surface area (TPSA) is 61.6 Å². The summed E-state index contributed by atoms with van der Waals surface area (Å²) >= 11 is -0.0693. The standard InChI is InChI=1S/C12H11NO4Se/c14-13(15)9-3-1-2-4-10(9)18-11-6-5-8-7-16-12(11)17-8/h1-6,8,11-12H,7H2/t8-,11+,12+/m0/s1. The van der Waals surface area contributed by atoms with Crippen LogP contribution < -0.4 is 4.46 Å². The first-order valence-electron chi connectivity index (χ1n) is 5.59. The molecule has 0 amide bonds. The van der Waals surface area contributed by atoms with Crippen LogP contribution in [-0.4, -0.2) is 38.9 Å². The van der Waals surface area contributed by atoms with Crippen LogP contribution in [0.4, 0.5) is 5.69 Å². The predicted octanol–water partition coefficient (Wildman–Crippen LogP) is 1.02. The van der Waals surface area contributed by atoms with Crippen molar-refractivity contribution in [2.45, 2.75) is 17.2 Å². The number of nitro groups is 1. The van der Waals surface area contributed by atoms with Gasteiger partial charge in [-0.3, -0.25) is 0 Å². The van der Waals surface area contributed by atoms with Crippen molar-refractivity contribution in [2.24, 2.45) is 0 Å². The zero-order chi connectivity index (χ0) is 12.5. The van der Waals surface area contributed by atoms with Crippen LogP contribution in [0.25, 0.3) is 0 Å². The van der Waals surface area contributed by atoms with Gasteiger partial charge in [-0.1, -0.05) is 0 Å². The van der Waals surface area contributed by atoms with E-state index in [0.717, 1.165) is 4.46 Å². The zero-order valence-corrected chi connectivity index (χ0v) is 11.1. The van der Waals surface area contributed by atoms with Crippen molar-refractivity contribution in [1.82, 2.24) is 0 Å². The molecule has 0 N–H and O–H groups in total. The molecular formula is C12H11NO4Se. The van der Waals surface area contributed by atoms with E-state index in [1.54, 1.807) is 12.1 Å². The second-order valence-electron chi connectivity index (χ2n) is 4.07. The Kier molecular flexibility index (Phi) is 3.18. The first kappa shape index (κ1) is 11.9. The van der Waals surface area contributed by atoms with Crippen molar-refractivity contribution in [2.75, 3.05) is 6.61 Å². The van der Waals surface area contributed by atoms with Gasteiger partial charge in [-0.05, 0) is 0 Å². The number of nitrogens with zero attached hydrogens (tertiary/aromatic N) is 1. The van der Waals surface area contributed by atoms with Gasteiger partial charge in [0.1, 0.15) is 0 Å². The number of fused-ring (bicyclic) bond motifs is 2. The Hall–Kier alpha value is -1.20. The summed E-state index contributed by atoms with van der Waals surface area (Å²) in [6, 6.07) is 6.87. The van der Waals surface area contributed by atoms with Crippen LogP contribution in [-0.2, 0) is 9.47 Å². The van der Waals surface area contributed by atoms with Crippen LogP contribution >= 0.6 is 0 Å². The molecule has 0 unspecified atom stereocenters. The quantitative estimate of drug-likeness (QED) is 0.362. The van der Waals surface area contributed by atoms with Crippen LogP contribution in [0.3, 0.4) is 0 Å². The molecule has 0 aromatic heterocycles. The molecule has 18 heavy (non-hydrogen) atoms. The fraction of sp³-hybridized carbons (Fsp3) is 0.333. The van der Waals surface area contributed by atoms with Crippen molar-refractivity contribution in [1.29, 1.82) is 0 Å². The molecule has 2 bridgehead atoms. The van der Waals surface area contributed by atoms with Crippen molar-refractivity contribution >= 4 is 25.1 Å². The van der Waals surface area contributed by atoms with Gasteiger partial charge >= 0.3 is 110 Å². The fourth-order valence-corrected chi connectivity index (χ4v) is 4.37. The first-order valence-corrected chi connectivity index (χ1v) is 7.44. The van der Waals surface area contributed by atoms with Gasteiger partial charge in [0.05, 0.1) is 0 Å². The maximum absolute atomic E-state index is 11.0. The molecule has 0 spiro atoms. The average molecular weight is 312 g/mol.